The van der Waals surface area contributed by atoms with E-state index in [1.807, 2.05) is 6.92 Å². The van der Waals surface area contributed by atoms with E-state index >= 15 is 0 Å². The lowest BCUT2D eigenvalue weighted by molar-refractivity contribution is -0.141. The highest BCUT2D eigenvalue weighted by molar-refractivity contribution is 5.92. The van der Waals surface area contributed by atoms with Crippen molar-refractivity contribution in [3.63, 3.8) is 0 Å². The normalized spacial score (nSPS) is 28.9. The Balaban J connectivity index is 1.68. The van der Waals surface area contributed by atoms with Gasteiger partial charge in [0.25, 0.3) is 5.91 Å². The zero-order chi connectivity index (χ0) is 16.1. The number of nitrogens with one attached hydrogen (secondary N) is 1. The first kappa shape index (κ1) is 15.4. The van der Waals surface area contributed by atoms with Crippen molar-refractivity contribution >= 4 is 5.91 Å². The van der Waals surface area contributed by atoms with Crippen LogP contribution < -0.4 is 5.32 Å². The topological polar surface area (TPSA) is 46.9 Å². The molecule has 2 bridgehead atoms. The van der Waals surface area contributed by atoms with Gasteiger partial charge in [-0.3, -0.25) is 9.48 Å². The molecule has 3 rings (SSSR count). The molecule has 0 spiro atoms. The lowest BCUT2D eigenvalue weighted by atomic mass is 9.84. The van der Waals surface area contributed by atoms with E-state index in [1.165, 1.54) is 26.3 Å². The fraction of sp³-hybridized carbons (Fsp3) is 0.733. The Morgan fingerprint density at radius 2 is 2.14 bits per heavy atom. The van der Waals surface area contributed by atoms with Crippen LogP contribution in [0.15, 0.2) is 6.07 Å². The maximum absolute atomic E-state index is 12.6. The van der Waals surface area contributed by atoms with Crippen LogP contribution in [0.25, 0.3) is 0 Å². The number of hydrogen-bond acceptors (Lipinski definition) is 2. The van der Waals surface area contributed by atoms with E-state index in [-0.39, 0.29) is 11.7 Å². The van der Waals surface area contributed by atoms with Gasteiger partial charge in [-0.05, 0) is 43.9 Å². The molecule has 2 aliphatic rings. The largest absolute Gasteiger partial charge is 0.435 e. The molecule has 7 heteroatoms. The summed E-state index contributed by atoms with van der Waals surface area (Å²) in [6, 6.07) is 0.787. The molecule has 1 aromatic heterocycles. The van der Waals surface area contributed by atoms with Gasteiger partial charge in [-0.15, -0.1) is 0 Å². The molecule has 1 N–H and O–H groups in total. The second kappa shape index (κ2) is 5.28. The van der Waals surface area contributed by atoms with Crippen molar-refractivity contribution in [3.8, 4) is 0 Å². The van der Waals surface area contributed by atoms with Crippen LogP contribution in [0.4, 0.5) is 13.2 Å². The fourth-order valence-corrected chi connectivity index (χ4v) is 4.11. The fourth-order valence-electron chi connectivity index (χ4n) is 4.11. The Morgan fingerprint density at radius 1 is 1.41 bits per heavy atom. The molecule has 122 valence electrons. The SMILES string of the molecule is C[C@H](NC(=O)c1cc(C(F)(F)F)nn1C)[C@@H]1C[C@@H]2CC[C@@H]1C2. The molecule has 2 fully saturated rings. The van der Waals surface area contributed by atoms with Gasteiger partial charge in [0.2, 0.25) is 0 Å². The molecule has 0 aromatic carbocycles. The molecule has 0 unspecified atom stereocenters. The standard InChI is InChI=1S/C15H20F3N3O/c1-8(11-6-9-3-4-10(11)5-9)19-14(22)12-7-13(15(16,17)18)20-21(12)2/h7-11H,3-6H2,1-2H3,(H,19,22)/t8-,9+,10+,11-/m0/s1. The van der Waals surface area contributed by atoms with Crippen LogP contribution in [0.1, 0.15) is 48.8 Å². The molecule has 22 heavy (non-hydrogen) atoms. The van der Waals surface area contributed by atoms with E-state index in [0.717, 1.165) is 23.1 Å². The van der Waals surface area contributed by atoms with Crippen LogP contribution in [0.3, 0.4) is 0 Å². The van der Waals surface area contributed by atoms with E-state index in [0.29, 0.717) is 11.8 Å². The summed E-state index contributed by atoms with van der Waals surface area (Å²) in [5, 5.41) is 6.24. The highest BCUT2D eigenvalue weighted by Gasteiger charge is 2.42. The van der Waals surface area contributed by atoms with Crippen LogP contribution in [-0.4, -0.2) is 21.7 Å². The van der Waals surface area contributed by atoms with Crippen LogP contribution in [-0.2, 0) is 13.2 Å². The summed E-state index contributed by atoms with van der Waals surface area (Å²) in [5.41, 5.74) is -1.09. The highest BCUT2D eigenvalue weighted by Crippen LogP contribution is 2.49. The first-order valence-corrected chi connectivity index (χ1v) is 7.68. The van der Waals surface area contributed by atoms with Crippen molar-refractivity contribution in [3.05, 3.63) is 17.5 Å². The molecule has 0 aliphatic heterocycles. The average molecular weight is 315 g/mol. The van der Waals surface area contributed by atoms with Crippen molar-refractivity contribution < 1.29 is 18.0 Å². The summed E-state index contributed by atoms with van der Waals surface area (Å²) >= 11 is 0. The van der Waals surface area contributed by atoms with Crippen LogP contribution in [0, 0.1) is 17.8 Å². The van der Waals surface area contributed by atoms with E-state index < -0.39 is 17.8 Å². The second-order valence-electron chi connectivity index (χ2n) is 6.64. The Kier molecular flexibility index (Phi) is 3.69. The summed E-state index contributed by atoms with van der Waals surface area (Å²) in [6.07, 6.45) is 0.296. The van der Waals surface area contributed by atoms with Gasteiger partial charge in [0.1, 0.15) is 5.69 Å². The third-order valence-electron chi connectivity index (χ3n) is 5.20. The van der Waals surface area contributed by atoms with Gasteiger partial charge in [-0.25, -0.2) is 0 Å². The summed E-state index contributed by atoms with van der Waals surface area (Å²) in [7, 11) is 1.35. The van der Waals surface area contributed by atoms with Gasteiger partial charge in [0, 0.05) is 19.2 Å². The van der Waals surface area contributed by atoms with Gasteiger partial charge in [-0.2, -0.15) is 18.3 Å². The van der Waals surface area contributed by atoms with Crippen molar-refractivity contribution in [1.29, 1.82) is 0 Å². The molecule has 1 heterocycles. The van der Waals surface area contributed by atoms with E-state index in [9.17, 15) is 18.0 Å². The summed E-state index contributed by atoms with van der Waals surface area (Å²) in [5.74, 6) is 1.37. The lowest BCUT2D eigenvalue weighted by Gasteiger charge is -2.28. The minimum Gasteiger partial charge on any atom is -0.348 e. The number of aryl methyl sites for hydroxylation is 1. The number of halogens is 3. The van der Waals surface area contributed by atoms with E-state index in [4.69, 9.17) is 0 Å². The van der Waals surface area contributed by atoms with Crippen molar-refractivity contribution in [2.75, 3.05) is 0 Å². The summed E-state index contributed by atoms with van der Waals surface area (Å²) < 4.78 is 38.9. The molecule has 2 aliphatic carbocycles. The van der Waals surface area contributed by atoms with Gasteiger partial charge in [-0.1, -0.05) is 6.42 Å². The Bertz CT molecular complexity index is 581. The van der Waals surface area contributed by atoms with Crippen LogP contribution in [0.5, 0.6) is 0 Å². The number of aromatic nitrogens is 2. The number of nitrogens with zero attached hydrogens (tertiary/aromatic N) is 2. The molecule has 1 aromatic rings. The molecule has 0 saturated heterocycles. The molecular weight excluding hydrogens is 295 g/mol. The van der Waals surface area contributed by atoms with Gasteiger partial charge >= 0.3 is 6.18 Å². The second-order valence-corrected chi connectivity index (χ2v) is 6.64. The molecular formula is C15H20F3N3O. The number of amides is 1. The lowest BCUT2D eigenvalue weighted by Crippen LogP contribution is -2.40. The van der Waals surface area contributed by atoms with Gasteiger partial charge in [0.05, 0.1) is 0 Å². The third kappa shape index (κ3) is 2.73. The Labute approximate surface area is 127 Å². The number of alkyl halides is 3. The predicted octanol–water partition coefficient (Wildman–Crippen LogP) is 2.99. The molecule has 1 amide bonds. The zero-order valence-corrected chi connectivity index (χ0v) is 12.7. The number of carbonyl (C=O) groups excluding carboxylic acids is 1. The highest BCUT2D eigenvalue weighted by atomic mass is 19.4. The maximum Gasteiger partial charge on any atom is 0.435 e. The maximum atomic E-state index is 12.6. The molecule has 2 saturated carbocycles. The minimum absolute atomic E-state index is 0.0213. The first-order chi connectivity index (χ1) is 10.3. The van der Waals surface area contributed by atoms with E-state index in [1.54, 1.807) is 0 Å². The van der Waals surface area contributed by atoms with E-state index in [2.05, 4.69) is 10.4 Å². The molecule has 0 radical (unpaired) electrons. The van der Waals surface area contributed by atoms with Crippen molar-refractivity contribution in [2.24, 2.45) is 24.8 Å². The number of rotatable bonds is 3. The number of fused-ring (bicyclic) bond motifs is 2. The van der Waals surface area contributed by atoms with Gasteiger partial charge in [0.15, 0.2) is 5.69 Å². The minimum atomic E-state index is -4.54. The molecule has 4 atom stereocenters. The monoisotopic (exact) mass is 315 g/mol. The molecule has 4 nitrogen and oxygen atoms in total. The quantitative estimate of drug-likeness (QED) is 0.932. The summed E-state index contributed by atoms with van der Waals surface area (Å²) in [6.45, 7) is 1.95. The Hall–Kier alpha value is -1.53. The average Bonchev–Trinajstić information content (AvgIpc) is 3.11. The predicted molar refractivity (Wildman–Crippen MR) is 74.1 cm³/mol. The third-order valence-corrected chi connectivity index (χ3v) is 5.20. The first-order valence-electron chi connectivity index (χ1n) is 7.68. The van der Waals surface area contributed by atoms with Crippen molar-refractivity contribution in [1.82, 2.24) is 15.1 Å². The van der Waals surface area contributed by atoms with Crippen molar-refractivity contribution in [2.45, 2.75) is 44.8 Å². The zero-order valence-electron chi connectivity index (χ0n) is 12.7. The summed E-state index contributed by atoms with van der Waals surface area (Å²) in [4.78, 5) is 12.2. The van der Waals surface area contributed by atoms with Crippen LogP contribution in [0.2, 0.25) is 0 Å². The number of hydrogen-bond donors (Lipinski definition) is 1. The smallest absolute Gasteiger partial charge is 0.348 e. The van der Waals surface area contributed by atoms with Crippen LogP contribution >= 0.6 is 0 Å². The Morgan fingerprint density at radius 3 is 2.64 bits per heavy atom. The van der Waals surface area contributed by atoms with Gasteiger partial charge < -0.3 is 5.32 Å². The number of carbonyl (C=O) groups is 1.